The summed E-state index contributed by atoms with van der Waals surface area (Å²) in [6.45, 7) is 7.42. The van der Waals surface area contributed by atoms with Gasteiger partial charge < -0.3 is 15.3 Å². The Balaban J connectivity index is 1.85. The molecule has 124 valence electrons. The Labute approximate surface area is 137 Å². The maximum atomic E-state index is 12.1. The molecule has 1 saturated heterocycles. The number of carbonyl (C=O) groups excluding carboxylic acids is 2. The Hall–Kier alpha value is -2.14. The lowest BCUT2D eigenvalue weighted by atomic mass is 9.80. The number of hydrogen-bond donors (Lipinski definition) is 2. The van der Waals surface area contributed by atoms with Gasteiger partial charge in [0.1, 0.15) is 0 Å². The first-order valence-electron chi connectivity index (χ1n) is 7.87. The molecule has 5 nitrogen and oxygen atoms in total. The monoisotopic (exact) mass is 316 g/mol. The van der Waals surface area contributed by atoms with Gasteiger partial charge in [-0.25, -0.2) is 0 Å². The van der Waals surface area contributed by atoms with Crippen LogP contribution in [-0.2, 0) is 9.59 Å². The second-order valence-electron chi connectivity index (χ2n) is 6.37. The Kier molecular flexibility index (Phi) is 5.55. The van der Waals surface area contributed by atoms with Crippen molar-refractivity contribution in [3.63, 3.8) is 0 Å². The van der Waals surface area contributed by atoms with E-state index < -0.39 is 6.10 Å². The molecule has 1 aliphatic heterocycles. The summed E-state index contributed by atoms with van der Waals surface area (Å²) in [4.78, 5) is 25.5. The lowest BCUT2D eigenvalue weighted by Gasteiger charge is -2.39. The van der Waals surface area contributed by atoms with Crippen LogP contribution in [0.15, 0.2) is 43.0 Å². The van der Waals surface area contributed by atoms with Gasteiger partial charge in [0.25, 0.3) is 5.91 Å². The van der Waals surface area contributed by atoms with E-state index >= 15 is 0 Å². The molecular formula is C18H24N2O3. The summed E-state index contributed by atoms with van der Waals surface area (Å²) in [5, 5.41) is 12.9. The third-order valence-electron chi connectivity index (χ3n) is 4.51. The third-order valence-corrected chi connectivity index (χ3v) is 4.51. The van der Waals surface area contributed by atoms with Crippen LogP contribution in [0.2, 0.25) is 0 Å². The van der Waals surface area contributed by atoms with Gasteiger partial charge in [0.15, 0.2) is 6.10 Å². The standard InChI is InChI=1S/C18H24N2O3/c1-3-15(21)20-11-9-18(2,10-12-20)13-19-17(23)16(22)14-7-5-4-6-8-14/h3-8,16,22H,1,9-13H2,2H3,(H,19,23)/t16-/m1/s1. The first kappa shape index (κ1) is 17.2. The first-order chi connectivity index (χ1) is 10.9. The maximum absolute atomic E-state index is 12.1. The predicted octanol–water partition coefficient (Wildman–Crippen LogP) is 1.65. The van der Waals surface area contributed by atoms with E-state index in [2.05, 4.69) is 18.8 Å². The normalized spacial score (nSPS) is 18.1. The number of hydrogen-bond acceptors (Lipinski definition) is 3. The molecule has 5 heteroatoms. The Morgan fingerprint density at radius 1 is 1.35 bits per heavy atom. The predicted molar refractivity (Wildman–Crippen MR) is 88.5 cm³/mol. The topological polar surface area (TPSA) is 69.6 Å². The van der Waals surface area contributed by atoms with Crippen molar-refractivity contribution in [1.82, 2.24) is 10.2 Å². The molecule has 1 atom stereocenters. The molecule has 1 fully saturated rings. The SMILES string of the molecule is C=CC(=O)N1CCC(C)(CNC(=O)[C@H](O)c2ccccc2)CC1. The zero-order chi connectivity index (χ0) is 16.9. The van der Waals surface area contributed by atoms with E-state index in [9.17, 15) is 14.7 Å². The highest BCUT2D eigenvalue weighted by atomic mass is 16.3. The number of nitrogens with zero attached hydrogens (tertiary/aromatic N) is 1. The second-order valence-corrected chi connectivity index (χ2v) is 6.37. The molecule has 1 aromatic carbocycles. The Morgan fingerprint density at radius 3 is 2.52 bits per heavy atom. The molecule has 0 aliphatic carbocycles. The van der Waals surface area contributed by atoms with Crippen molar-refractivity contribution in [2.45, 2.75) is 25.9 Å². The molecule has 0 radical (unpaired) electrons. The minimum absolute atomic E-state index is 0.0458. The molecule has 23 heavy (non-hydrogen) atoms. The number of rotatable bonds is 5. The highest BCUT2D eigenvalue weighted by Crippen LogP contribution is 2.30. The van der Waals surface area contributed by atoms with Crippen molar-refractivity contribution in [2.75, 3.05) is 19.6 Å². The molecule has 0 unspecified atom stereocenters. The summed E-state index contributed by atoms with van der Waals surface area (Å²) < 4.78 is 0. The van der Waals surface area contributed by atoms with Crippen LogP contribution in [0, 0.1) is 5.41 Å². The summed E-state index contributed by atoms with van der Waals surface area (Å²) in [6, 6.07) is 8.88. The van der Waals surface area contributed by atoms with Crippen molar-refractivity contribution < 1.29 is 14.7 Å². The molecule has 0 saturated carbocycles. The van der Waals surface area contributed by atoms with Gasteiger partial charge in [-0.3, -0.25) is 9.59 Å². The molecule has 2 amide bonds. The van der Waals surface area contributed by atoms with Gasteiger partial charge >= 0.3 is 0 Å². The molecule has 0 aromatic heterocycles. The van der Waals surface area contributed by atoms with Gasteiger partial charge in [0.05, 0.1) is 0 Å². The number of carbonyl (C=O) groups is 2. The number of amides is 2. The molecule has 0 bridgehead atoms. The smallest absolute Gasteiger partial charge is 0.253 e. The second kappa shape index (κ2) is 7.42. The van der Waals surface area contributed by atoms with E-state index in [1.54, 1.807) is 29.2 Å². The minimum atomic E-state index is -1.15. The van der Waals surface area contributed by atoms with E-state index in [4.69, 9.17) is 0 Å². The third kappa shape index (κ3) is 4.42. The average molecular weight is 316 g/mol. The molecule has 2 rings (SSSR count). The molecule has 2 N–H and O–H groups in total. The van der Waals surface area contributed by atoms with Crippen LogP contribution in [0.25, 0.3) is 0 Å². The molecular weight excluding hydrogens is 292 g/mol. The number of nitrogens with one attached hydrogen (secondary N) is 1. The summed E-state index contributed by atoms with van der Waals surface area (Å²) in [5.74, 6) is -0.433. The van der Waals surface area contributed by atoms with Crippen LogP contribution in [-0.4, -0.2) is 41.5 Å². The zero-order valence-corrected chi connectivity index (χ0v) is 13.5. The van der Waals surface area contributed by atoms with Crippen molar-refractivity contribution in [3.8, 4) is 0 Å². The van der Waals surface area contributed by atoms with Gasteiger partial charge in [-0.2, -0.15) is 0 Å². The van der Waals surface area contributed by atoms with Crippen LogP contribution in [0.1, 0.15) is 31.4 Å². The molecule has 1 aliphatic rings. The summed E-state index contributed by atoms with van der Waals surface area (Å²) in [5.41, 5.74) is 0.519. The number of aliphatic hydroxyl groups is 1. The summed E-state index contributed by atoms with van der Waals surface area (Å²) in [7, 11) is 0. The highest BCUT2D eigenvalue weighted by Gasteiger charge is 2.32. The molecule has 1 heterocycles. The van der Waals surface area contributed by atoms with E-state index in [0.717, 1.165) is 12.8 Å². The lowest BCUT2D eigenvalue weighted by Crippen LogP contribution is -2.46. The number of benzene rings is 1. The van der Waals surface area contributed by atoms with Crippen LogP contribution >= 0.6 is 0 Å². The number of aliphatic hydroxyl groups excluding tert-OH is 1. The lowest BCUT2D eigenvalue weighted by molar-refractivity contribution is -0.131. The highest BCUT2D eigenvalue weighted by molar-refractivity contribution is 5.87. The van der Waals surface area contributed by atoms with Crippen LogP contribution in [0.4, 0.5) is 0 Å². The van der Waals surface area contributed by atoms with E-state index in [1.807, 2.05) is 6.07 Å². The van der Waals surface area contributed by atoms with Crippen molar-refractivity contribution in [3.05, 3.63) is 48.6 Å². The molecule has 1 aromatic rings. The Morgan fingerprint density at radius 2 is 1.96 bits per heavy atom. The van der Waals surface area contributed by atoms with Gasteiger partial charge in [0, 0.05) is 19.6 Å². The van der Waals surface area contributed by atoms with Crippen LogP contribution in [0.3, 0.4) is 0 Å². The Bertz CT molecular complexity index is 563. The average Bonchev–Trinajstić information content (AvgIpc) is 2.60. The largest absolute Gasteiger partial charge is 0.378 e. The minimum Gasteiger partial charge on any atom is -0.378 e. The number of piperidine rings is 1. The fourth-order valence-electron chi connectivity index (χ4n) is 2.76. The first-order valence-corrected chi connectivity index (χ1v) is 7.87. The van der Waals surface area contributed by atoms with Crippen LogP contribution in [0.5, 0.6) is 0 Å². The fourth-order valence-corrected chi connectivity index (χ4v) is 2.76. The molecule has 0 spiro atoms. The van der Waals surface area contributed by atoms with Crippen LogP contribution < -0.4 is 5.32 Å². The van der Waals surface area contributed by atoms with E-state index in [-0.39, 0.29) is 17.2 Å². The van der Waals surface area contributed by atoms with E-state index in [1.165, 1.54) is 6.08 Å². The van der Waals surface area contributed by atoms with Crippen molar-refractivity contribution in [1.29, 1.82) is 0 Å². The summed E-state index contributed by atoms with van der Waals surface area (Å²) in [6.07, 6.45) is 1.81. The van der Waals surface area contributed by atoms with E-state index in [0.29, 0.717) is 25.2 Å². The summed E-state index contributed by atoms with van der Waals surface area (Å²) >= 11 is 0. The maximum Gasteiger partial charge on any atom is 0.253 e. The van der Waals surface area contributed by atoms with Gasteiger partial charge in [-0.1, -0.05) is 43.8 Å². The van der Waals surface area contributed by atoms with Crippen molar-refractivity contribution in [2.24, 2.45) is 5.41 Å². The zero-order valence-electron chi connectivity index (χ0n) is 13.5. The van der Waals surface area contributed by atoms with Gasteiger partial charge in [-0.15, -0.1) is 0 Å². The van der Waals surface area contributed by atoms with Gasteiger partial charge in [0.2, 0.25) is 5.91 Å². The fraction of sp³-hybridized carbons (Fsp3) is 0.444. The quantitative estimate of drug-likeness (QED) is 0.812. The van der Waals surface area contributed by atoms with Gasteiger partial charge in [-0.05, 0) is 29.9 Å². The van der Waals surface area contributed by atoms with Crippen molar-refractivity contribution >= 4 is 11.8 Å². The number of likely N-dealkylation sites (tertiary alicyclic amines) is 1.